The van der Waals surface area contributed by atoms with Gasteiger partial charge in [-0.15, -0.1) is 11.3 Å². The summed E-state index contributed by atoms with van der Waals surface area (Å²) < 4.78 is 13.4. The lowest BCUT2D eigenvalue weighted by Gasteiger charge is -2.16. The molecule has 0 aliphatic heterocycles. The Morgan fingerprint density at radius 3 is 2.84 bits per heavy atom. The third-order valence-electron chi connectivity index (χ3n) is 2.58. The van der Waals surface area contributed by atoms with E-state index in [0.717, 1.165) is 9.88 Å². The van der Waals surface area contributed by atoms with Crippen LogP contribution in [0.5, 0.6) is 0 Å². The van der Waals surface area contributed by atoms with E-state index in [1.54, 1.807) is 29.5 Å². The molecule has 0 spiro atoms. The van der Waals surface area contributed by atoms with E-state index in [9.17, 15) is 9.18 Å². The first-order chi connectivity index (χ1) is 8.97. The fourth-order valence-corrected chi connectivity index (χ4v) is 2.86. The number of halogens is 2. The van der Waals surface area contributed by atoms with E-state index in [0.29, 0.717) is 16.6 Å². The van der Waals surface area contributed by atoms with Gasteiger partial charge in [-0.2, -0.15) is 0 Å². The van der Waals surface area contributed by atoms with Crippen LogP contribution in [0.4, 0.5) is 4.39 Å². The van der Waals surface area contributed by atoms with E-state index >= 15 is 0 Å². The molecular formula is C13H12BrFN2OS. The zero-order valence-electron chi connectivity index (χ0n) is 10.5. The summed E-state index contributed by atoms with van der Waals surface area (Å²) in [6, 6.07) is 4.25. The third kappa shape index (κ3) is 3.39. The Balaban J connectivity index is 2.12. The van der Waals surface area contributed by atoms with Gasteiger partial charge in [-0.05, 0) is 41.1 Å². The maximum Gasteiger partial charge on any atom is 0.253 e. The summed E-state index contributed by atoms with van der Waals surface area (Å²) in [6.45, 7) is 2.42. The topological polar surface area (TPSA) is 33.2 Å². The number of carbonyl (C=O) groups excluding carboxylic acids is 1. The number of amides is 1. The average Bonchev–Trinajstić information content (AvgIpc) is 2.77. The minimum absolute atomic E-state index is 0.147. The van der Waals surface area contributed by atoms with E-state index in [1.165, 1.54) is 18.2 Å². The summed E-state index contributed by atoms with van der Waals surface area (Å²) in [4.78, 5) is 18.9. The molecule has 0 bridgehead atoms. The van der Waals surface area contributed by atoms with Gasteiger partial charge in [-0.1, -0.05) is 0 Å². The molecule has 0 saturated carbocycles. The number of rotatable bonds is 3. The lowest BCUT2D eigenvalue weighted by atomic mass is 10.2. The van der Waals surface area contributed by atoms with Crippen LogP contribution >= 0.6 is 27.3 Å². The van der Waals surface area contributed by atoms with Gasteiger partial charge < -0.3 is 4.90 Å². The Bertz CT molecular complexity index is 614. The molecular weight excluding hydrogens is 331 g/mol. The van der Waals surface area contributed by atoms with Crippen LogP contribution in [0.2, 0.25) is 0 Å². The minimum Gasteiger partial charge on any atom is -0.337 e. The molecule has 1 aromatic carbocycles. The normalized spacial score (nSPS) is 10.5. The van der Waals surface area contributed by atoms with Gasteiger partial charge in [0.2, 0.25) is 0 Å². The number of thiazole rings is 1. The summed E-state index contributed by atoms with van der Waals surface area (Å²) in [6.07, 6.45) is 1.77. The van der Waals surface area contributed by atoms with Crippen molar-refractivity contribution in [3.05, 3.63) is 50.1 Å². The maximum absolute atomic E-state index is 13.1. The lowest BCUT2D eigenvalue weighted by Crippen LogP contribution is -2.25. The quantitative estimate of drug-likeness (QED) is 0.853. The fourth-order valence-electron chi connectivity index (χ4n) is 1.63. The van der Waals surface area contributed by atoms with Crippen molar-refractivity contribution in [3.8, 4) is 0 Å². The molecule has 0 saturated heterocycles. The number of nitrogens with zero attached hydrogens (tertiary/aromatic N) is 2. The summed E-state index contributed by atoms with van der Waals surface area (Å²) in [5.41, 5.74) is 0.456. The van der Waals surface area contributed by atoms with E-state index < -0.39 is 0 Å². The van der Waals surface area contributed by atoms with Crippen molar-refractivity contribution in [1.82, 2.24) is 9.88 Å². The average molecular weight is 343 g/mol. The van der Waals surface area contributed by atoms with Gasteiger partial charge in [0, 0.05) is 23.7 Å². The number of hydrogen-bond donors (Lipinski definition) is 0. The summed E-state index contributed by atoms with van der Waals surface area (Å²) >= 11 is 4.64. The smallest absolute Gasteiger partial charge is 0.253 e. The predicted octanol–water partition coefficient (Wildman–Crippen LogP) is 3.63. The van der Waals surface area contributed by atoms with Crippen LogP contribution in [0.15, 0.2) is 28.9 Å². The zero-order valence-corrected chi connectivity index (χ0v) is 12.9. The molecule has 0 N–H and O–H groups in total. The van der Waals surface area contributed by atoms with E-state index in [-0.39, 0.29) is 11.7 Å². The molecule has 0 unspecified atom stereocenters. The Morgan fingerprint density at radius 1 is 1.53 bits per heavy atom. The molecule has 2 aromatic rings. The van der Waals surface area contributed by atoms with Crippen LogP contribution in [0, 0.1) is 12.7 Å². The first-order valence-electron chi connectivity index (χ1n) is 5.59. The van der Waals surface area contributed by atoms with Gasteiger partial charge in [0.25, 0.3) is 5.91 Å². The molecule has 100 valence electrons. The highest BCUT2D eigenvalue weighted by Crippen LogP contribution is 2.19. The van der Waals surface area contributed by atoms with Crippen molar-refractivity contribution in [2.24, 2.45) is 0 Å². The molecule has 19 heavy (non-hydrogen) atoms. The predicted molar refractivity (Wildman–Crippen MR) is 76.7 cm³/mol. The van der Waals surface area contributed by atoms with Gasteiger partial charge in [0.1, 0.15) is 5.82 Å². The third-order valence-corrected chi connectivity index (χ3v) is 4.08. The SMILES string of the molecule is Cc1ncc(CN(C)C(=O)c2ccc(F)c(Br)c2)s1. The van der Waals surface area contributed by atoms with Crippen molar-refractivity contribution >= 4 is 33.2 Å². The van der Waals surface area contributed by atoms with Crippen molar-refractivity contribution in [1.29, 1.82) is 0 Å². The molecule has 0 aliphatic rings. The molecule has 0 atom stereocenters. The van der Waals surface area contributed by atoms with Gasteiger partial charge in [-0.3, -0.25) is 4.79 Å². The number of carbonyl (C=O) groups is 1. The maximum atomic E-state index is 13.1. The van der Waals surface area contributed by atoms with E-state index in [2.05, 4.69) is 20.9 Å². The highest BCUT2D eigenvalue weighted by molar-refractivity contribution is 9.10. The summed E-state index contributed by atoms with van der Waals surface area (Å²) in [5.74, 6) is -0.524. The second kappa shape index (κ2) is 5.79. The highest BCUT2D eigenvalue weighted by atomic mass is 79.9. The molecule has 0 radical (unpaired) electrons. The standard InChI is InChI=1S/C13H12BrFN2OS/c1-8-16-6-10(19-8)7-17(2)13(18)9-3-4-12(15)11(14)5-9/h3-6H,7H2,1-2H3. The molecule has 0 aliphatic carbocycles. The summed E-state index contributed by atoms with van der Waals surface area (Å²) in [5, 5.41) is 0.973. The molecule has 6 heteroatoms. The Kier molecular flexibility index (Phi) is 4.31. The molecule has 1 amide bonds. The molecule has 1 aromatic heterocycles. The second-order valence-electron chi connectivity index (χ2n) is 4.14. The first kappa shape index (κ1) is 14.1. The van der Waals surface area contributed by atoms with Crippen LogP contribution in [-0.2, 0) is 6.54 Å². The number of benzene rings is 1. The number of aryl methyl sites for hydroxylation is 1. The minimum atomic E-state index is -0.378. The van der Waals surface area contributed by atoms with Gasteiger partial charge in [0.15, 0.2) is 0 Å². The van der Waals surface area contributed by atoms with Crippen LogP contribution in [0.3, 0.4) is 0 Å². The molecule has 0 fully saturated rings. The fraction of sp³-hybridized carbons (Fsp3) is 0.231. The van der Waals surface area contributed by atoms with Crippen LogP contribution < -0.4 is 0 Å². The van der Waals surface area contributed by atoms with Gasteiger partial charge >= 0.3 is 0 Å². The number of aromatic nitrogens is 1. The van der Waals surface area contributed by atoms with Crippen LogP contribution in [0.1, 0.15) is 20.2 Å². The van der Waals surface area contributed by atoms with Crippen LogP contribution in [-0.4, -0.2) is 22.8 Å². The second-order valence-corrected chi connectivity index (χ2v) is 6.31. The molecule has 2 rings (SSSR count). The van der Waals surface area contributed by atoms with Gasteiger partial charge in [0.05, 0.1) is 16.0 Å². The van der Waals surface area contributed by atoms with Gasteiger partial charge in [-0.25, -0.2) is 9.37 Å². The zero-order chi connectivity index (χ0) is 14.0. The lowest BCUT2D eigenvalue weighted by molar-refractivity contribution is 0.0786. The van der Waals surface area contributed by atoms with Crippen molar-refractivity contribution in [2.75, 3.05) is 7.05 Å². The monoisotopic (exact) mass is 342 g/mol. The van der Waals surface area contributed by atoms with E-state index in [1.807, 2.05) is 6.92 Å². The van der Waals surface area contributed by atoms with Crippen molar-refractivity contribution in [3.63, 3.8) is 0 Å². The van der Waals surface area contributed by atoms with Crippen molar-refractivity contribution < 1.29 is 9.18 Å². The Morgan fingerprint density at radius 2 is 2.26 bits per heavy atom. The van der Waals surface area contributed by atoms with Crippen molar-refractivity contribution in [2.45, 2.75) is 13.5 Å². The highest BCUT2D eigenvalue weighted by Gasteiger charge is 2.14. The van der Waals surface area contributed by atoms with Crippen LogP contribution in [0.25, 0.3) is 0 Å². The summed E-state index contributed by atoms with van der Waals surface area (Å²) in [7, 11) is 1.72. The molecule has 3 nitrogen and oxygen atoms in total. The Hall–Kier alpha value is -1.27. The first-order valence-corrected chi connectivity index (χ1v) is 7.20. The Labute approximate surface area is 123 Å². The van der Waals surface area contributed by atoms with E-state index in [4.69, 9.17) is 0 Å². The molecule has 1 heterocycles. The largest absolute Gasteiger partial charge is 0.337 e. The number of hydrogen-bond acceptors (Lipinski definition) is 3.